The molecular weight excluding hydrogens is 276 g/mol. The predicted octanol–water partition coefficient (Wildman–Crippen LogP) is 3.43. The van der Waals surface area contributed by atoms with Gasteiger partial charge in [-0.3, -0.25) is 4.79 Å². The lowest BCUT2D eigenvalue weighted by atomic mass is 9.49. The highest BCUT2D eigenvalue weighted by Gasteiger charge is 2.54. The van der Waals surface area contributed by atoms with Crippen molar-refractivity contribution >= 4 is 17.3 Å². The molecule has 1 amide bonds. The quantitative estimate of drug-likeness (QED) is 0.841. The van der Waals surface area contributed by atoms with Crippen LogP contribution in [0.15, 0.2) is 18.2 Å². The largest absolute Gasteiger partial charge is 0.492 e. The summed E-state index contributed by atoms with van der Waals surface area (Å²) < 4.78 is 5.36. The van der Waals surface area contributed by atoms with Crippen LogP contribution in [-0.4, -0.2) is 13.0 Å². The Labute approximate surface area is 131 Å². The normalized spacial score (nSPS) is 35.4. The van der Waals surface area contributed by atoms with Crippen LogP contribution in [0.5, 0.6) is 5.75 Å². The summed E-state index contributed by atoms with van der Waals surface area (Å²) in [6, 6.07) is 5.51. The van der Waals surface area contributed by atoms with Gasteiger partial charge in [-0.2, -0.15) is 0 Å². The van der Waals surface area contributed by atoms with Gasteiger partial charge in [0, 0.05) is 0 Å². The second kappa shape index (κ2) is 4.90. The second-order valence-electron chi connectivity index (χ2n) is 7.58. The molecule has 4 saturated carbocycles. The molecule has 0 saturated heterocycles. The molecule has 0 unspecified atom stereocenters. The van der Waals surface area contributed by atoms with Gasteiger partial charge >= 0.3 is 0 Å². The molecule has 5 rings (SSSR count). The molecule has 0 atom stereocenters. The molecule has 118 valence electrons. The van der Waals surface area contributed by atoms with Gasteiger partial charge in [0.1, 0.15) is 0 Å². The number of para-hydroxylation sites is 1. The van der Waals surface area contributed by atoms with Gasteiger partial charge < -0.3 is 15.8 Å². The van der Waals surface area contributed by atoms with Gasteiger partial charge in [0.2, 0.25) is 5.91 Å². The summed E-state index contributed by atoms with van der Waals surface area (Å²) in [4.78, 5) is 13.0. The van der Waals surface area contributed by atoms with Crippen LogP contribution in [0.4, 0.5) is 11.4 Å². The van der Waals surface area contributed by atoms with Crippen molar-refractivity contribution in [3.05, 3.63) is 18.2 Å². The number of rotatable bonds is 3. The highest BCUT2D eigenvalue weighted by Crippen LogP contribution is 2.60. The highest BCUT2D eigenvalue weighted by molar-refractivity contribution is 5.97. The van der Waals surface area contributed by atoms with E-state index in [9.17, 15) is 4.79 Å². The number of carbonyl (C=O) groups is 1. The van der Waals surface area contributed by atoms with E-state index in [-0.39, 0.29) is 11.3 Å². The molecule has 4 aliphatic carbocycles. The Morgan fingerprint density at radius 1 is 1.18 bits per heavy atom. The molecule has 4 heteroatoms. The Morgan fingerprint density at radius 3 is 2.32 bits per heavy atom. The number of nitrogens with one attached hydrogen (secondary N) is 1. The van der Waals surface area contributed by atoms with Crippen molar-refractivity contribution in [2.75, 3.05) is 18.2 Å². The van der Waals surface area contributed by atoms with E-state index in [1.807, 2.05) is 12.1 Å². The minimum absolute atomic E-state index is 0.148. The van der Waals surface area contributed by atoms with Crippen molar-refractivity contribution in [3.8, 4) is 5.75 Å². The lowest BCUT2D eigenvalue weighted by molar-refractivity contribution is -0.140. The molecule has 4 bridgehead atoms. The van der Waals surface area contributed by atoms with Crippen LogP contribution in [0.25, 0.3) is 0 Å². The van der Waals surface area contributed by atoms with E-state index < -0.39 is 0 Å². The van der Waals surface area contributed by atoms with Gasteiger partial charge in [0.05, 0.1) is 23.9 Å². The molecule has 1 aromatic rings. The fraction of sp³-hybridized carbons (Fsp3) is 0.611. The lowest BCUT2D eigenvalue weighted by Gasteiger charge is -2.55. The number of ether oxygens (including phenoxy) is 1. The van der Waals surface area contributed by atoms with Crippen molar-refractivity contribution < 1.29 is 9.53 Å². The molecule has 0 spiro atoms. The van der Waals surface area contributed by atoms with Crippen molar-refractivity contribution in [2.24, 2.45) is 23.2 Å². The number of hydrogen-bond donors (Lipinski definition) is 2. The van der Waals surface area contributed by atoms with Crippen molar-refractivity contribution in [3.63, 3.8) is 0 Å². The summed E-state index contributed by atoms with van der Waals surface area (Å²) in [6.45, 7) is 0. The summed E-state index contributed by atoms with van der Waals surface area (Å²) in [5.41, 5.74) is 7.05. The third kappa shape index (κ3) is 2.08. The molecule has 0 aromatic heterocycles. The maximum absolute atomic E-state index is 13.0. The van der Waals surface area contributed by atoms with Gasteiger partial charge in [-0.25, -0.2) is 0 Å². The Bertz CT molecular complexity index is 576. The van der Waals surface area contributed by atoms with Crippen LogP contribution in [0.3, 0.4) is 0 Å². The zero-order valence-electron chi connectivity index (χ0n) is 13.1. The number of nitrogens with two attached hydrogens (primary N) is 1. The minimum atomic E-state index is -0.148. The summed E-state index contributed by atoms with van der Waals surface area (Å²) in [6.07, 6.45) is 7.22. The number of carbonyl (C=O) groups excluding carboxylic acids is 1. The van der Waals surface area contributed by atoms with Crippen LogP contribution < -0.4 is 15.8 Å². The highest BCUT2D eigenvalue weighted by atomic mass is 16.5. The Kier molecular flexibility index (Phi) is 3.10. The number of nitrogen functional groups attached to an aromatic ring is 1. The Hall–Kier alpha value is -1.71. The van der Waals surface area contributed by atoms with Crippen molar-refractivity contribution in [1.82, 2.24) is 0 Å². The average molecular weight is 300 g/mol. The van der Waals surface area contributed by atoms with Gasteiger partial charge in [0.25, 0.3) is 0 Å². The zero-order chi connectivity index (χ0) is 15.3. The van der Waals surface area contributed by atoms with Crippen LogP contribution in [-0.2, 0) is 4.79 Å². The first-order chi connectivity index (χ1) is 10.6. The molecule has 0 heterocycles. The topological polar surface area (TPSA) is 64.3 Å². The molecule has 0 aliphatic heterocycles. The van der Waals surface area contributed by atoms with Crippen LogP contribution >= 0.6 is 0 Å². The third-order valence-electron chi connectivity index (χ3n) is 6.02. The van der Waals surface area contributed by atoms with E-state index in [1.54, 1.807) is 13.2 Å². The fourth-order valence-electron chi connectivity index (χ4n) is 5.52. The number of methoxy groups -OCH3 is 1. The summed E-state index contributed by atoms with van der Waals surface area (Å²) in [5, 5.41) is 3.12. The standard InChI is InChI=1S/C18H24N2O2/c1-22-16-14(19)3-2-4-15(16)20-17(21)18-8-11-5-12(9-18)7-13(6-11)10-18/h2-4,11-13H,5-10,19H2,1H3,(H,20,21). The van der Waals surface area contributed by atoms with Crippen LogP contribution in [0.1, 0.15) is 38.5 Å². The average Bonchev–Trinajstić information content (AvgIpc) is 2.46. The molecule has 22 heavy (non-hydrogen) atoms. The predicted molar refractivity (Wildman–Crippen MR) is 86.6 cm³/mol. The maximum atomic E-state index is 13.0. The van der Waals surface area contributed by atoms with E-state index in [4.69, 9.17) is 10.5 Å². The maximum Gasteiger partial charge on any atom is 0.230 e. The second-order valence-corrected chi connectivity index (χ2v) is 7.58. The first kappa shape index (κ1) is 13.9. The monoisotopic (exact) mass is 300 g/mol. The minimum Gasteiger partial charge on any atom is -0.492 e. The van der Waals surface area contributed by atoms with Gasteiger partial charge in [0.15, 0.2) is 5.75 Å². The van der Waals surface area contributed by atoms with Crippen LogP contribution in [0.2, 0.25) is 0 Å². The van der Waals surface area contributed by atoms with Crippen molar-refractivity contribution in [2.45, 2.75) is 38.5 Å². The summed E-state index contributed by atoms with van der Waals surface area (Å²) >= 11 is 0. The van der Waals surface area contributed by atoms with E-state index in [0.29, 0.717) is 17.1 Å². The number of hydrogen-bond acceptors (Lipinski definition) is 3. The van der Waals surface area contributed by atoms with Gasteiger partial charge in [-0.15, -0.1) is 0 Å². The summed E-state index contributed by atoms with van der Waals surface area (Å²) in [5.74, 6) is 3.04. The Balaban J connectivity index is 1.59. The first-order valence-corrected chi connectivity index (χ1v) is 8.33. The lowest BCUT2D eigenvalue weighted by Crippen LogP contribution is -2.51. The molecular formula is C18H24N2O2. The Morgan fingerprint density at radius 2 is 1.77 bits per heavy atom. The molecule has 3 N–H and O–H groups in total. The first-order valence-electron chi connectivity index (χ1n) is 8.33. The van der Waals surface area contributed by atoms with E-state index in [0.717, 1.165) is 37.0 Å². The van der Waals surface area contributed by atoms with E-state index in [2.05, 4.69) is 5.32 Å². The molecule has 4 nitrogen and oxygen atoms in total. The smallest absolute Gasteiger partial charge is 0.230 e. The number of benzene rings is 1. The summed E-state index contributed by atoms with van der Waals surface area (Å²) in [7, 11) is 1.59. The SMILES string of the molecule is COc1c(N)cccc1NC(=O)C12CC3CC(CC(C3)C1)C2. The van der Waals surface area contributed by atoms with Gasteiger partial charge in [-0.05, 0) is 68.4 Å². The molecule has 0 radical (unpaired) electrons. The number of amides is 1. The van der Waals surface area contributed by atoms with Gasteiger partial charge in [-0.1, -0.05) is 6.07 Å². The van der Waals surface area contributed by atoms with E-state index in [1.165, 1.54) is 19.3 Å². The third-order valence-corrected chi connectivity index (χ3v) is 6.02. The number of anilines is 2. The zero-order valence-corrected chi connectivity index (χ0v) is 13.1. The molecule has 4 aliphatic rings. The molecule has 1 aromatic carbocycles. The van der Waals surface area contributed by atoms with E-state index >= 15 is 0 Å². The molecule has 4 fully saturated rings. The van der Waals surface area contributed by atoms with Crippen molar-refractivity contribution in [1.29, 1.82) is 0 Å². The fourth-order valence-corrected chi connectivity index (χ4v) is 5.52. The van der Waals surface area contributed by atoms with Crippen LogP contribution in [0, 0.1) is 23.2 Å².